The first-order chi connectivity index (χ1) is 14.0. The lowest BCUT2D eigenvalue weighted by molar-refractivity contribution is -0.117. The molecule has 4 rings (SSSR count). The summed E-state index contributed by atoms with van der Waals surface area (Å²) in [6.07, 6.45) is -0.00760. The summed E-state index contributed by atoms with van der Waals surface area (Å²) < 4.78 is 14.8. The summed E-state index contributed by atoms with van der Waals surface area (Å²) in [6, 6.07) is 9.45. The van der Waals surface area contributed by atoms with Crippen LogP contribution in [-0.4, -0.2) is 31.6 Å². The fraction of sp³-hybridized carbons (Fsp3) is 0.0556. The van der Waals surface area contributed by atoms with Crippen LogP contribution in [0.2, 0.25) is 0 Å². The third-order valence-electron chi connectivity index (χ3n) is 3.75. The van der Waals surface area contributed by atoms with E-state index in [4.69, 9.17) is 5.73 Å². The molecule has 0 unspecified atom stereocenters. The maximum Gasteiger partial charge on any atom is 0.297 e. The second-order valence-electron chi connectivity index (χ2n) is 5.87. The van der Waals surface area contributed by atoms with Crippen molar-refractivity contribution in [3.8, 4) is 16.4 Å². The van der Waals surface area contributed by atoms with Crippen LogP contribution in [0.15, 0.2) is 47.2 Å². The largest absolute Gasteiger partial charge is 0.369 e. The van der Waals surface area contributed by atoms with E-state index in [1.54, 1.807) is 17.5 Å². The van der Waals surface area contributed by atoms with Crippen molar-refractivity contribution < 1.29 is 14.0 Å². The van der Waals surface area contributed by atoms with Gasteiger partial charge in [-0.15, -0.1) is 27.8 Å². The van der Waals surface area contributed by atoms with Crippen LogP contribution in [0.3, 0.4) is 0 Å². The minimum atomic E-state index is -0.552. The van der Waals surface area contributed by atoms with Crippen LogP contribution in [-0.2, 0) is 11.2 Å². The highest BCUT2D eigenvalue weighted by atomic mass is 32.1. The third kappa shape index (κ3) is 4.20. The van der Waals surface area contributed by atoms with Crippen molar-refractivity contribution in [3.63, 3.8) is 0 Å². The van der Waals surface area contributed by atoms with Gasteiger partial charge in [-0.2, -0.15) is 0 Å². The molecule has 0 aliphatic rings. The first-order valence-corrected chi connectivity index (χ1v) is 10.1. The normalized spacial score (nSPS) is 10.8. The van der Waals surface area contributed by atoms with Crippen molar-refractivity contribution >= 4 is 39.6 Å². The summed E-state index contributed by atoms with van der Waals surface area (Å²) in [4.78, 5) is 32.9. The van der Waals surface area contributed by atoms with Gasteiger partial charge in [0.2, 0.25) is 11.7 Å². The number of hydrogen-bond donors (Lipinski definition) is 2. The molecule has 146 valence electrons. The zero-order valence-corrected chi connectivity index (χ0v) is 16.3. The number of aromatic nitrogens is 4. The third-order valence-corrected chi connectivity index (χ3v) is 5.42. The lowest BCUT2D eigenvalue weighted by Gasteiger charge is -2.03. The number of benzene rings is 1. The standard InChI is InChI=1S/C18H13FN6O2S2/c19-10-3-5-12(6-4-10)25-16(13-2-1-7-28-13)22-15(24-25)17(27)23-18-21-11(9-29-18)8-14(20)26/h1-7,9H,8H2,(H2,20,26)(H,21,23,27). The van der Waals surface area contributed by atoms with Gasteiger partial charge < -0.3 is 5.73 Å². The molecular weight excluding hydrogens is 415 g/mol. The molecular formula is C18H13FN6O2S2. The monoisotopic (exact) mass is 428 g/mol. The van der Waals surface area contributed by atoms with Gasteiger partial charge in [-0.1, -0.05) is 6.07 Å². The van der Waals surface area contributed by atoms with Crippen molar-refractivity contribution in [3.05, 3.63) is 64.5 Å². The SMILES string of the molecule is NC(=O)Cc1csc(NC(=O)c2nc(-c3cccs3)n(-c3ccc(F)cc3)n2)n1. The Labute approximate surface area is 171 Å². The first kappa shape index (κ1) is 18.9. The van der Waals surface area contributed by atoms with E-state index in [9.17, 15) is 14.0 Å². The molecule has 2 amide bonds. The molecule has 4 aromatic rings. The highest BCUT2D eigenvalue weighted by Gasteiger charge is 2.20. The number of halogens is 1. The molecule has 8 nitrogen and oxygen atoms in total. The van der Waals surface area contributed by atoms with E-state index in [1.807, 2.05) is 17.5 Å². The van der Waals surface area contributed by atoms with Gasteiger partial charge in [0.15, 0.2) is 11.0 Å². The minimum absolute atomic E-state index is 0.00760. The molecule has 29 heavy (non-hydrogen) atoms. The van der Waals surface area contributed by atoms with Crippen LogP contribution in [0.5, 0.6) is 0 Å². The predicted octanol–water partition coefficient (Wildman–Crippen LogP) is 2.87. The van der Waals surface area contributed by atoms with E-state index in [0.29, 0.717) is 22.3 Å². The fourth-order valence-corrected chi connectivity index (χ4v) is 3.92. The number of carbonyl (C=O) groups excluding carboxylic acids is 2. The summed E-state index contributed by atoms with van der Waals surface area (Å²) in [6.45, 7) is 0. The molecule has 3 heterocycles. The number of nitrogens with two attached hydrogens (primary N) is 1. The van der Waals surface area contributed by atoms with E-state index in [2.05, 4.69) is 20.4 Å². The summed E-state index contributed by atoms with van der Waals surface area (Å²) in [5, 5.41) is 10.7. The Kier molecular flexibility index (Phi) is 5.14. The van der Waals surface area contributed by atoms with Gasteiger partial charge in [-0.3, -0.25) is 14.9 Å². The number of nitrogens with one attached hydrogen (secondary N) is 1. The van der Waals surface area contributed by atoms with Gasteiger partial charge in [0, 0.05) is 5.38 Å². The van der Waals surface area contributed by atoms with E-state index >= 15 is 0 Å². The molecule has 3 N–H and O–H groups in total. The van der Waals surface area contributed by atoms with Crippen molar-refractivity contribution in [2.75, 3.05) is 5.32 Å². The van der Waals surface area contributed by atoms with Gasteiger partial charge in [-0.05, 0) is 35.7 Å². The van der Waals surface area contributed by atoms with Crippen molar-refractivity contribution in [1.82, 2.24) is 19.7 Å². The Bertz CT molecular complexity index is 1170. The molecule has 11 heteroatoms. The number of thiazole rings is 1. The van der Waals surface area contributed by atoms with Gasteiger partial charge in [-0.25, -0.2) is 19.0 Å². The molecule has 0 fully saturated rings. The van der Waals surface area contributed by atoms with Crippen molar-refractivity contribution in [2.24, 2.45) is 5.73 Å². The molecule has 0 radical (unpaired) electrons. The van der Waals surface area contributed by atoms with Crippen LogP contribution in [0.1, 0.15) is 16.3 Å². The number of hydrogen-bond acceptors (Lipinski definition) is 7. The molecule has 0 saturated heterocycles. The van der Waals surface area contributed by atoms with Crippen LogP contribution in [0.25, 0.3) is 16.4 Å². The van der Waals surface area contributed by atoms with Crippen LogP contribution >= 0.6 is 22.7 Å². The Balaban J connectivity index is 1.64. The lowest BCUT2D eigenvalue weighted by atomic mass is 10.3. The van der Waals surface area contributed by atoms with Crippen molar-refractivity contribution in [1.29, 1.82) is 0 Å². The molecule has 3 aromatic heterocycles. The smallest absolute Gasteiger partial charge is 0.297 e. The van der Waals surface area contributed by atoms with Crippen LogP contribution < -0.4 is 11.1 Å². The molecule has 0 saturated carbocycles. The summed E-state index contributed by atoms with van der Waals surface area (Å²) in [5.74, 6) is -1.04. The number of nitrogens with zero attached hydrogens (tertiary/aromatic N) is 4. The summed E-state index contributed by atoms with van der Waals surface area (Å²) >= 11 is 2.61. The van der Waals surface area contributed by atoms with Gasteiger partial charge in [0.25, 0.3) is 5.91 Å². The first-order valence-electron chi connectivity index (χ1n) is 8.30. The van der Waals surface area contributed by atoms with E-state index in [0.717, 1.165) is 4.88 Å². The Morgan fingerprint density at radius 1 is 1.14 bits per heavy atom. The molecule has 0 atom stereocenters. The zero-order valence-electron chi connectivity index (χ0n) is 14.7. The zero-order chi connectivity index (χ0) is 20.4. The van der Waals surface area contributed by atoms with Gasteiger partial charge in [0.1, 0.15) is 5.82 Å². The molecule has 1 aromatic carbocycles. The second kappa shape index (κ2) is 7.89. The van der Waals surface area contributed by atoms with E-state index in [1.165, 1.54) is 39.5 Å². The maximum atomic E-state index is 13.3. The predicted molar refractivity (Wildman–Crippen MR) is 108 cm³/mol. The quantitative estimate of drug-likeness (QED) is 0.490. The molecule has 0 aliphatic carbocycles. The fourth-order valence-electron chi connectivity index (χ4n) is 2.51. The number of primary amides is 1. The van der Waals surface area contributed by atoms with Crippen molar-refractivity contribution in [2.45, 2.75) is 6.42 Å². The Morgan fingerprint density at radius 2 is 1.93 bits per heavy atom. The van der Waals surface area contributed by atoms with Crippen LogP contribution in [0, 0.1) is 5.82 Å². The number of carbonyl (C=O) groups is 2. The van der Waals surface area contributed by atoms with E-state index < -0.39 is 11.8 Å². The minimum Gasteiger partial charge on any atom is -0.369 e. The lowest BCUT2D eigenvalue weighted by Crippen LogP contribution is -2.15. The van der Waals surface area contributed by atoms with Gasteiger partial charge in [0.05, 0.1) is 22.7 Å². The average Bonchev–Trinajstić information content (AvgIpc) is 3.42. The maximum absolute atomic E-state index is 13.3. The highest BCUT2D eigenvalue weighted by Crippen LogP contribution is 2.26. The molecule has 0 bridgehead atoms. The van der Waals surface area contributed by atoms with E-state index in [-0.39, 0.29) is 18.1 Å². The Morgan fingerprint density at radius 3 is 2.62 bits per heavy atom. The average molecular weight is 428 g/mol. The number of thiophene rings is 1. The highest BCUT2D eigenvalue weighted by molar-refractivity contribution is 7.14. The topological polar surface area (TPSA) is 116 Å². The number of rotatable bonds is 6. The van der Waals surface area contributed by atoms with Gasteiger partial charge >= 0.3 is 0 Å². The molecule has 0 spiro atoms. The number of amides is 2. The van der Waals surface area contributed by atoms with Crippen LogP contribution in [0.4, 0.5) is 9.52 Å². The summed E-state index contributed by atoms with van der Waals surface area (Å²) in [5.41, 5.74) is 6.19. The summed E-state index contributed by atoms with van der Waals surface area (Å²) in [7, 11) is 0. The number of anilines is 1. The Hall–Kier alpha value is -3.44. The molecule has 0 aliphatic heterocycles. The second-order valence-corrected chi connectivity index (χ2v) is 7.67.